The number of halogens is 1. The van der Waals surface area contributed by atoms with Gasteiger partial charge in [-0.2, -0.15) is 0 Å². The van der Waals surface area contributed by atoms with E-state index in [-0.39, 0.29) is 6.61 Å². The summed E-state index contributed by atoms with van der Waals surface area (Å²) in [4.78, 5) is 0. The molecule has 0 saturated carbocycles. The van der Waals surface area contributed by atoms with Crippen LogP contribution in [0.25, 0.3) is 0 Å². The number of aliphatic hydroxyl groups excluding tert-OH is 1. The molecule has 2 rings (SSSR count). The maximum atomic E-state index is 9.16. The number of methoxy groups -OCH3 is 1. The molecule has 0 saturated heterocycles. The average Bonchev–Trinajstić information content (AvgIpc) is 2.36. The molecule has 0 radical (unpaired) electrons. The summed E-state index contributed by atoms with van der Waals surface area (Å²) < 4.78 is 5.43. The van der Waals surface area contributed by atoms with E-state index in [9.17, 15) is 0 Å². The molecule has 17 heavy (non-hydrogen) atoms. The maximum Gasteiger partial charge on any atom is 0.141 e. The van der Waals surface area contributed by atoms with Gasteiger partial charge in [-0.1, -0.05) is 11.6 Å². The van der Waals surface area contributed by atoms with Gasteiger partial charge < -0.3 is 9.84 Å². The first-order valence-electron chi connectivity index (χ1n) is 6.18. The average molecular weight is 255 g/mol. The second-order valence-electron chi connectivity index (χ2n) is 4.59. The molecule has 1 aliphatic carbocycles. The minimum atomic E-state index is 0.131. The standard InChI is InChI=1S/C14H19ClO2/c1-9-10-5-3-4-6-12(10)13(15)14(17-2)11(9)7-8-16/h16H,3-8H2,1-2H3. The van der Waals surface area contributed by atoms with Gasteiger partial charge in [0.2, 0.25) is 0 Å². The van der Waals surface area contributed by atoms with E-state index < -0.39 is 0 Å². The van der Waals surface area contributed by atoms with E-state index in [0.29, 0.717) is 6.42 Å². The fourth-order valence-corrected chi connectivity index (χ4v) is 3.21. The molecule has 0 bridgehead atoms. The van der Waals surface area contributed by atoms with Crippen molar-refractivity contribution in [1.82, 2.24) is 0 Å². The number of fused-ring (bicyclic) bond motifs is 1. The van der Waals surface area contributed by atoms with Gasteiger partial charge in [0.1, 0.15) is 5.75 Å². The van der Waals surface area contributed by atoms with Crippen molar-refractivity contribution < 1.29 is 9.84 Å². The SMILES string of the molecule is COc1c(Cl)c2c(c(C)c1CCO)CCCC2. The molecule has 1 aliphatic rings. The van der Waals surface area contributed by atoms with Gasteiger partial charge in [-0.25, -0.2) is 0 Å². The van der Waals surface area contributed by atoms with Crippen LogP contribution in [-0.2, 0) is 19.3 Å². The van der Waals surface area contributed by atoms with Crippen LogP contribution in [0.1, 0.15) is 35.1 Å². The molecule has 3 heteroatoms. The lowest BCUT2D eigenvalue weighted by Gasteiger charge is -2.24. The van der Waals surface area contributed by atoms with Gasteiger partial charge in [-0.3, -0.25) is 0 Å². The zero-order chi connectivity index (χ0) is 12.4. The molecular weight excluding hydrogens is 236 g/mol. The third-order valence-corrected chi connectivity index (χ3v) is 4.08. The molecular formula is C14H19ClO2. The van der Waals surface area contributed by atoms with Gasteiger partial charge in [-0.05, 0) is 55.7 Å². The normalized spacial score (nSPS) is 14.6. The molecule has 0 fully saturated rings. The summed E-state index contributed by atoms with van der Waals surface area (Å²) in [7, 11) is 1.65. The summed E-state index contributed by atoms with van der Waals surface area (Å²) in [6.45, 7) is 2.25. The van der Waals surface area contributed by atoms with E-state index in [1.165, 1.54) is 29.5 Å². The zero-order valence-corrected chi connectivity index (χ0v) is 11.2. The van der Waals surface area contributed by atoms with Crippen molar-refractivity contribution in [3.05, 3.63) is 27.3 Å². The molecule has 0 heterocycles. The first-order valence-corrected chi connectivity index (χ1v) is 6.56. The number of benzene rings is 1. The van der Waals surface area contributed by atoms with Crippen molar-refractivity contribution >= 4 is 11.6 Å². The van der Waals surface area contributed by atoms with Gasteiger partial charge in [0.15, 0.2) is 0 Å². The van der Waals surface area contributed by atoms with E-state index in [1.807, 2.05) is 0 Å². The van der Waals surface area contributed by atoms with Crippen LogP contribution in [0.3, 0.4) is 0 Å². The van der Waals surface area contributed by atoms with Crippen molar-refractivity contribution in [2.24, 2.45) is 0 Å². The van der Waals surface area contributed by atoms with E-state index in [1.54, 1.807) is 7.11 Å². The lowest BCUT2D eigenvalue weighted by atomic mass is 9.85. The quantitative estimate of drug-likeness (QED) is 0.898. The molecule has 0 spiro atoms. The van der Waals surface area contributed by atoms with Crippen molar-refractivity contribution in [2.75, 3.05) is 13.7 Å². The van der Waals surface area contributed by atoms with Crippen LogP contribution in [-0.4, -0.2) is 18.8 Å². The number of hydrogen-bond acceptors (Lipinski definition) is 2. The maximum absolute atomic E-state index is 9.16. The van der Waals surface area contributed by atoms with Gasteiger partial charge in [0.25, 0.3) is 0 Å². The van der Waals surface area contributed by atoms with Gasteiger partial charge in [0, 0.05) is 12.2 Å². The summed E-state index contributed by atoms with van der Waals surface area (Å²) in [5.41, 5.74) is 4.97. The van der Waals surface area contributed by atoms with E-state index >= 15 is 0 Å². The molecule has 94 valence electrons. The van der Waals surface area contributed by atoms with Crippen LogP contribution < -0.4 is 4.74 Å². The highest BCUT2D eigenvalue weighted by Gasteiger charge is 2.22. The zero-order valence-electron chi connectivity index (χ0n) is 10.5. The Morgan fingerprint density at radius 1 is 1.24 bits per heavy atom. The Hall–Kier alpha value is -0.730. The van der Waals surface area contributed by atoms with Gasteiger partial charge in [0.05, 0.1) is 12.1 Å². The lowest BCUT2D eigenvalue weighted by molar-refractivity contribution is 0.296. The first-order chi connectivity index (χ1) is 8.20. The molecule has 1 aromatic carbocycles. The Balaban J connectivity index is 2.63. The number of ether oxygens (including phenoxy) is 1. The van der Waals surface area contributed by atoms with Crippen LogP contribution in [0.5, 0.6) is 5.75 Å². The first kappa shape index (κ1) is 12.7. The van der Waals surface area contributed by atoms with Gasteiger partial charge in [-0.15, -0.1) is 0 Å². The fraction of sp³-hybridized carbons (Fsp3) is 0.571. The van der Waals surface area contributed by atoms with Crippen LogP contribution in [0.4, 0.5) is 0 Å². The molecule has 0 unspecified atom stereocenters. The third kappa shape index (κ3) is 2.16. The van der Waals surface area contributed by atoms with Crippen molar-refractivity contribution in [3.63, 3.8) is 0 Å². The molecule has 0 atom stereocenters. The smallest absolute Gasteiger partial charge is 0.141 e. The van der Waals surface area contributed by atoms with E-state index in [4.69, 9.17) is 21.4 Å². The van der Waals surface area contributed by atoms with Crippen LogP contribution in [0.15, 0.2) is 0 Å². The monoisotopic (exact) mass is 254 g/mol. The minimum Gasteiger partial charge on any atom is -0.495 e. The number of aliphatic hydroxyl groups is 1. The number of rotatable bonds is 3. The predicted molar refractivity (Wildman–Crippen MR) is 70.2 cm³/mol. The molecule has 0 aliphatic heterocycles. The van der Waals surface area contributed by atoms with Crippen molar-refractivity contribution in [2.45, 2.75) is 39.0 Å². The van der Waals surface area contributed by atoms with Crippen LogP contribution >= 0.6 is 11.6 Å². The second kappa shape index (κ2) is 5.28. The van der Waals surface area contributed by atoms with E-state index in [0.717, 1.165) is 29.2 Å². The third-order valence-electron chi connectivity index (χ3n) is 3.68. The Morgan fingerprint density at radius 2 is 1.88 bits per heavy atom. The summed E-state index contributed by atoms with van der Waals surface area (Å²) in [6.07, 6.45) is 5.19. The highest BCUT2D eigenvalue weighted by atomic mass is 35.5. The van der Waals surface area contributed by atoms with Gasteiger partial charge >= 0.3 is 0 Å². The van der Waals surface area contributed by atoms with Crippen molar-refractivity contribution in [3.8, 4) is 5.75 Å². The Labute approximate surface area is 108 Å². The minimum absolute atomic E-state index is 0.131. The summed E-state index contributed by atoms with van der Waals surface area (Å²) >= 11 is 6.43. The van der Waals surface area contributed by atoms with Crippen LogP contribution in [0.2, 0.25) is 5.02 Å². The highest BCUT2D eigenvalue weighted by Crippen LogP contribution is 2.40. The Kier molecular flexibility index (Phi) is 3.95. The fourth-order valence-electron chi connectivity index (χ4n) is 2.81. The Bertz CT molecular complexity index is 427. The lowest BCUT2D eigenvalue weighted by Crippen LogP contribution is -2.11. The molecule has 1 N–H and O–H groups in total. The molecule has 1 aromatic rings. The van der Waals surface area contributed by atoms with Crippen LogP contribution in [0, 0.1) is 6.92 Å². The Morgan fingerprint density at radius 3 is 2.47 bits per heavy atom. The largest absolute Gasteiger partial charge is 0.495 e. The number of hydrogen-bond donors (Lipinski definition) is 1. The summed E-state index contributed by atoms with van der Waals surface area (Å²) in [6, 6.07) is 0. The molecule has 2 nitrogen and oxygen atoms in total. The highest BCUT2D eigenvalue weighted by molar-refractivity contribution is 6.33. The van der Waals surface area contributed by atoms with Crippen molar-refractivity contribution in [1.29, 1.82) is 0 Å². The topological polar surface area (TPSA) is 29.5 Å². The summed E-state index contributed by atoms with van der Waals surface area (Å²) in [5.74, 6) is 0.763. The molecule has 0 aromatic heterocycles. The molecule has 0 amide bonds. The predicted octanol–water partition coefficient (Wildman–Crippen LogP) is 3.07. The summed E-state index contributed by atoms with van der Waals surface area (Å²) in [5, 5.41) is 9.92. The van der Waals surface area contributed by atoms with E-state index in [2.05, 4.69) is 6.92 Å². The second-order valence-corrected chi connectivity index (χ2v) is 4.97.